The van der Waals surface area contributed by atoms with E-state index in [0.29, 0.717) is 23.3 Å². The van der Waals surface area contributed by atoms with Gasteiger partial charge >= 0.3 is 0 Å². The van der Waals surface area contributed by atoms with Crippen LogP contribution in [0.15, 0.2) is 26.4 Å². The van der Waals surface area contributed by atoms with E-state index in [4.69, 9.17) is 8.83 Å². The second-order valence-electron chi connectivity index (χ2n) is 6.67. The van der Waals surface area contributed by atoms with E-state index < -0.39 is 9.84 Å². The Morgan fingerprint density at radius 1 is 1.44 bits per heavy atom. The predicted molar refractivity (Wildman–Crippen MR) is 101 cm³/mol. The molecule has 0 spiro atoms. The van der Waals surface area contributed by atoms with E-state index in [9.17, 15) is 13.2 Å². The second kappa shape index (κ2) is 8.05. The lowest BCUT2D eigenvalue weighted by Gasteiger charge is -2.33. The molecular weight excluding hydrogens is 390 g/mol. The van der Waals surface area contributed by atoms with Crippen molar-refractivity contribution in [1.82, 2.24) is 15.1 Å². The molecule has 10 heteroatoms. The normalized spacial score (nSPS) is 19.9. The van der Waals surface area contributed by atoms with Gasteiger partial charge in [0.25, 0.3) is 11.1 Å². The maximum atomic E-state index is 12.8. The van der Waals surface area contributed by atoms with Gasteiger partial charge in [-0.25, -0.2) is 8.42 Å². The average Bonchev–Trinajstić information content (AvgIpc) is 3.33. The van der Waals surface area contributed by atoms with Crippen LogP contribution < -0.4 is 0 Å². The van der Waals surface area contributed by atoms with Crippen molar-refractivity contribution >= 4 is 27.5 Å². The molecule has 0 N–H and O–H groups in total. The largest absolute Gasteiger partial charge is 0.469 e. The van der Waals surface area contributed by atoms with Crippen molar-refractivity contribution in [3.63, 3.8) is 0 Å². The lowest BCUT2D eigenvalue weighted by Crippen LogP contribution is -2.47. The molecule has 0 saturated carbocycles. The molecule has 27 heavy (non-hydrogen) atoms. The minimum atomic E-state index is -3.06. The van der Waals surface area contributed by atoms with Gasteiger partial charge in [0.1, 0.15) is 5.76 Å². The molecule has 0 aliphatic carbocycles. The average molecular weight is 414 g/mol. The van der Waals surface area contributed by atoms with Crippen molar-refractivity contribution in [2.75, 3.05) is 17.3 Å². The first-order chi connectivity index (χ1) is 12.8. The number of carbonyl (C=O) groups is 1. The molecule has 3 heterocycles. The van der Waals surface area contributed by atoms with Crippen molar-refractivity contribution in [1.29, 1.82) is 0 Å². The molecule has 2 aromatic rings. The quantitative estimate of drug-likeness (QED) is 0.638. The van der Waals surface area contributed by atoms with Gasteiger partial charge in [-0.2, -0.15) is 0 Å². The highest BCUT2D eigenvalue weighted by molar-refractivity contribution is 7.99. The van der Waals surface area contributed by atoms with Gasteiger partial charge in [-0.15, -0.1) is 10.2 Å². The van der Waals surface area contributed by atoms with Crippen LogP contribution in [0.25, 0.3) is 11.5 Å². The molecule has 0 unspecified atom stereocenters. The number of hydrogen-bond donors (Lipinski definition) is 0. The van der Waals surface area contributed by atoms with Crippen LogP contribution in [0, 0.1) is 6.92 Å². The number of thioether (sulfide) groups is 1. The Bertz CT molecular complexity index is 905. The number of rotatable bonds is 7. The van der Waals surface area contributed by atoms with Gasteiger partial charge < -0.3 is 13.7 Å². The van der Waals surface area contributed by atoms with Gasteiger partial charge in [-0.1, -0.05) is 18.7 Å². The number of furan rings is 1. The standard InChI is InChI=1S/C17H23N3O5S2/c1-4-11(2)20(13-6-8-27(22,23)10-13)15(21)9-26-17-19-18-16(25-17)14-5-7-24-12(14)3/h5,7,11,13H,4,6,8-10H2,1-3H3/t11-,13+/m1/s1. The SMILES string of the molecule is CC[C@@H](C)N(C(=O)CSc1nnc(-c2ccoc2C)o1)[C@H]1CCS(=O)(=O)C1. The fourth-order valence-electron chi connectivity index (χ4n) is 3.18. The summed E-state index contributed by atoms with van der Waals surface area (Å²) in [5.74, 6) is 1.21. The third kappa shape index (κ3) is 4.55. The first kappa shape index (κ1) is 19.9. The summed E-state index contributed by atoms with van der Waals surface area (Å²) in [6.07, 6.45) is 2.80. The molecule has 0 radical (unpaired) electrons. The maximum Gasteiger partial charge on any atom is 0.277 e. The molecule has 1 aliphatic rings. The molecular formula is C17H23N3O5S2. The maximum absolute atomic E-state index is 12.8. The molecule has 2 aromatic heterocycles. The van der Waals surface area contributed by atoms with E-state index in [-0.39, 0.29) is 35.2 Å². The Kier molecular flexibility index (Phi) is 5.95. The topological polar surface area (TPSA) is 107 Å². The Morgan fingerprint density at radius 2 is 2.22 bits per heavy atom. The van der Waals surface area contributed by atoms with Crippen LogP contribution in [0.1, 0.15) is 32.4 Å². The van der Waals surface area contributed by atoms with E-state index in [1.54, 1.807) is 24.2 Å². The molecule has 148 valence electrons. The summed E-state index contributed by atoms with van der Waals surface area (Å²) in [6.45, 7) is 5.73. The molecule has 3 rings (SSSR count). The van der Waals surface area contributed by atoms with Gasteiger partial charge in [0.05, 0.1) is 29.1 Å². The first-order valence-corrected chi connectivity index (χ1v) is 11.6. The van der Waals surface area contributed by atoms with Gasteiger partial charge in [-0.3, -0.25) is 4.79 Å². The first-order valence-electron chi connectivity index (χ1n) is 8.83. The van der Waals surface area contributed by atoms with Crippen molar-refractivity contribution < 1.29 is 22.0 Å². The number of sulfone groups is 1. The minimum absolute atomic E-state index is 0.0248. The molecule has 2 atom stereocenters. The summed E-state index contributed by atoms with van der Waals surface area (Å²) in [7, 11) is -3.06. The highest BCUT2D eigenvalue weighted by Gasteiger charge is 2.36. The monoisotopic (exact) mass is 413 g/mol. The van der Waals surface area contributed by atoms with Crippen molar-refractivity contribution in [2.45, 2.75) is 50.9 Å². The van der Waals surface area contributed by atoms with Crippen LogP contribution in [0.4, 0.5) is 0 Å². The van der Waals surface area contributed by atoms with E-state index in [2.05, 4.69) is 10.2 Å². The smallest absolute Gasteiger partial charge is 0.277 e. The predicted octanol–water partition coefficient (Wildman–Crippen LogP) is 2.54. The molecule has 8 nitrogen and oxygen atoms in total. The molecule has 0 aromatic carbocycles. The van der Waals surface area contributed by atoms with Crippen molar-refractivity contribution in [3.8, 4) is 11.5 Å². The van der Waals surface area contributed by atoms with Crippen LogP contribution >= 0.6 is 11.8 Å². The van der Waals surface area contributed by atoms with Gasteiger partial charge in [0, 0.05) is 12.1 Å². The van der Waals surface area contributed by atoms with E-state index in [1.165, 1.54) is 0 Å². The Morgan fingerprint density at radius 3 is 2.81 bits per heavy atom. The number of nitrogens with zero attached hydrogens (tertiary/aromatic N) is 3. The van der Waals surface area contributed by atoms with Gasteiger partial charge in [0.2, 0.25) is 5.91 Å². The van der Waals surface area contributed by atoms with Crippen LogP contribution in [0.3, 0.4) is 0 Å². The highest BCUT2D eigenvalue weighted by Crippen LogP contribution is 2.27. The molecule has 1 fully saturated rings. The lowest BCUT2D eigenvalue weighted by atomic mass is 10.1. The van der Waals surface area contributed by atoms with Crippen LogP contribution in [0.5, 0.6) is 0 Å². The molecule has 0 bridgehead atoms. The van der Waals surface area contributed by atoms with Crippen molar-refractivity contribution in [3.05, 3.63) is 18.1 Å². The highest BCUT2D eigenvalue weighted by atomic mass is 32.2. The molecule has 1 amide bonds. The Labute approximate surface area is 162 Å². The van der Waals surface area contributed by atoms with E-state index in [1.807, 2.05) is 13.8 Å². The summed E-state index contributed by atoms with van der Waals surface area (Å²) in [5.41, 5.74) is 0.720. The summed E-state index contributed by atoms with van der Waals surface area (Å²) in [4.78, 5) is 14.5. The number of carbonyl (C=O) groups excluding carboxylic acids is 1. The number of hydrogen-bond acceptors (Lipinski definition) is 8. The van der Waals surface area contributed by atoms with Crippen molar-refractivity contribution in [2.24, 2.45) is 0 Å². The number of amides is 1. The number of aryl methyl sites for hydroxylation is 1. The van der Waals surface area contributed by atoms with Crippen LogP contribution in [-0.4, -0.2) is 58.8 Å². The zero-order valence-corrected chi connectivity index (χ0v) is 17.2. The Balaban J connectivity index is 1.66. The van der Waals surface area contributed by atoms with E-state index >= 15 is 0 Å². The third-order valence-corrected chi connectivity index (χ3v) is 7.32. The van der Waals surface area contributed by atoms with E-state index in [0.717, 1.165) is 23.7 Å². The molecule has 1 aliphatic heterocycles. The third-order valence-electron chi connectivity index (χ3n) is 4.77. The minimum Gasteiger partial charge on any atom is -0.469 e. The number of aromatic nitrogens is 2. The summed E-state index contributed by atoms with van der Waals surface area (Å²) in [6, 6.07) is 1.46. The zero-order chi connectivity index (χ0) is 19.6. The second-order valence-corrected chi connectivity index (χ2v) is 9.82. The fourth-order valence-corrected chi connectivity index (χ4v) is 5.53. The van der Waals surface area contributed by atoms with Gasteiger partial charge in [-0.05, 0) is 32.8 Å². The summed E-state index contributed by atoms with van der Waals surface area (Å²) >= 11 is 1.16. The zero-order valence-electron chi connectivity index (χ0n) is 15.5. The fraction of sp³-hybridized carbons (Fsp3) is 0.588. The molecule has 1 saturated heterocycles. The lowest BCUT2D eigenvalue weighted by molar-refractivity contribution is -0.132. The summed E-state index contributed by atoms with van der Waals surface area (Å²) < 4.78 is 34.5. The van der Waals surface area contributed by atoms with Crippen LogP contribution in [-0.2, 0) is 14.6 Å². The summed E-state index contributed by atoms with van der Waals surface area (Å²) in [5, 5.41) is 8.25. The Hall–Kier alpha value is -1.81. The van der Waals surface area contributed by atoms with Crippen LogP contribution in [0.2, 0.25) is 0 Å². The van der Waals surface area contributed by atoms with Gasteiger partial charge in [0.15, 0.2) is 9.84 Å².